The molecule has 6 nitrogen and oxygen atoms in total. The second kappa shape index (κ2) is 8.73. The minimum atomic E-state index is -0.336. The monoisotopic (exact) mass is 438 g/mol. The maximum absolute atomic E-state index is 13.0. The average molecular weight is 439 g/mol. The summed E-state index contributed by atoms with van der Waals surface area (Å²) < 4.78 is 14.3. The lowest BCUT2D eigenvalue weighted by Gasteiger charge is -2.07. The third-order valence-corrected chi connectivity index (χ3v) is 5.37. The first-order valence-corrected chi connectivity index (χ1v) is 10.2. The highest BCUT2D eigenvalue weighted by atomic mass is 35.5. The summed E-state index contributed by atoms with van der Waals surface area (Å²) in [5, 5.41) is 6.28. The summed E-state index contributed by atoms with van der Waals surface area (Å²) in [5.41, 5.74) is 3.29. The molecule has 31 heavy (non-hydrogen) atoms. The molecule has 0 aliphatic heterocycles. The smallest absolute Gasteiger partial charge is 0.276 e. The lowest BCUT2D eigenvalue weighted by atomic mass is 10.1. The Labute approximate surface area is 182 Å². The van der Waals surface area contributed by atoms with E-state index in [1.165, 1.54) is 22.8 Å². The molecule has 0 aliphatic carbocycles. The number of hydrogen-bond donors (Lipinski definition) is 2. The molecule has 0 saturated heterocycles. The molecular weight excluding hydrogens is 419 g/mol. The topological polar surface area (TPSA) is 79.3 Å². The Balaban J connectivity index is 1.53. The molecule has 2 aromatic heterocycles. The van der Waals surface area contributed by atoms with Crippen molar-refractivity contribution >= 4 is 23.2 Å². The molecule has 2 heterocycles. The number of carbonyl (C=O) groups excluding carboxylic acids is 1. The normalized spacial score (nSPS) is 11.1. The van der Waals surface area contributed by atoms with Crippen LogP contribution in [0.15, 0.2) is 59.5 Å². The molecular formula is C23H20ClFN4O2. The van der Waals surface area contributed by atoms with Crippen molar-refractivity contribution in [3.63, 3.8) is 0 Å². The molecule has 0 radical (unpaired) electrons. The summed E-state index contributed by atoms with van der Waals surface area (Å²) in [6, 6.07) is 13.4. The standard InChI is InChI=1S/C23H20ClFN4O2/c1-14-19(12-16-2-6-17(24)7-3-16)23(31)29-21(28-14)20(13-27-29)22(30)26-11-10-15-4-8-18(25)9-5-15/h2-9,13,27H,10-12H2,1H3,(H,26,30). The van der Waals surface area contributed by atoms with E-state index in [0.717, 1.165) is 11.1 Å². The quantitative estimate of drug-likeness (QED) is 0.482. The first-order valence-electron chi connectivity index (χ1n) is 9.79. The zero-order chi connectivity index (χ0) is 22.0. The van der Waals surface area contributed by atoms with Crippen LogP contribution in [-0.2, 0) is 12.8 Å². The fraction of sp³-hybridized carbons (Fsp3) is 0.174. The van der Waals surface area contributed by atoms with Gasteiger partial charge in [-0.05, 0) is 48.7 Å². The number of benzene rings is 2. The van der Waals surface area contributed by atoms with E-state index in [4.69, 9.17) is 11.6 Å². The van der Waals surface area contributed by atoms with Gasteiger partial charge in [-0.1, -0.05) is 35.9 Å². The van der Waals surface area contributed by atoms with E-state index >= 15 is 0 Å². The van der Waals surface area contributed by atoms with E-state index in [2.05, 4.69) is 15.4 Å². The Morgan fingerprint density at radius 1 is 1.13 bits per heavy atom. The molecule has 8 heteroatoms. The van der Waals surface area contributed by atoms with E-state index in [-0.39, 0.29) is 28.5 Å². The number of halogens is 2. The number of nitrogens with zero attached hydrogens (tertiary/aromatic N) is 2. The van der Waals surface area contributed by atoms with Crippen LogP contribution in [0.4, 0.5) is 4.39 Å². The largest absolute Gasteiger partial charge is 0.352 e. The zero-order valence-electron chi connectivity index (χ0n) is 16.8. The van der Waals surface area contributed by atoms with E-state index in [1.807, 2.05) is 12.1 Å². The zero-order valence-corrected chi connectivity index (χ0v) is 17.5. The van der Waals surface area contributed by atoms with Crippen molar-refractivity contribution < 1.29 is 9.18 Å². The maximum atomic E-state index is 13.0. The average Bonchev–Trinajstić information content (AvgIpc) is 3.18. The summed E-state index contributed by atoms with van der Waals surface area (Å²) in [6.45, 7) is 2.13. The van der Waals surface area contributed by atoms with Crippen molar-refractivity contribution in [2.24, 2.45) is 0 Å². The number of rotatable bonds is 6. The van der Waals surface area contributed by atoms with Crippen LogP contribution in [0.3, 0.4) is 0 Å². The van der Waals surface area contributed by atoms with Gasteiger partial charge in [0.15, 0.2) is 5.65 Å². The van der Waals surface area contributed by atoms with E-state index in [1.54, 1.807) is 31.2 Å². The van der Waals surface area contributed by atoms with Gasteiger partial charge in [0, 0.05) is 35.4 Å². The van der Waals surface area contributed by atoms with Gasteiger partial charge in [0.25, 0.3) is 11.5 Å². The van der Waals surface area contributed by atoms with Crippen LogP contribution in [-0.4, -0.2) is 27.0 Å². The highest BCUT2D eigenvalue weighted by Gasteiger charge is 2.18. The van der Waals surface area contributed by atoms with Crippen LogP contribution in [0.1, 0.15) is 32.7 Å². The van der Waals surface area contributed by atoms with Gasteiger partial charge in [-0.15, -0.1) is 0 Å². The van der Waals surface area contributed by atoms with E-state index in [9.17, 15) is 14.0 Å². The van der Waals surface area contributed by atoms with Crippen LogP contribution >= 0.6 is 11.6 Å². The fourth-order valence-electron chi connectivity index (χ4n) is 3.40. The summed E-state index contributed by atoms with van der Waals surface area (Å²) in [4.78, 5) is 30.1. The Kier molecular flexibility index (Phi) is 5.86. The highest BCUT2D eigenvalue weighted by molar-refractivity contribution is 6.30. The Morgan fingerprint density at radius 3 is 2.52 bits per heavy atom. The third-order valence-electron chi connectivity index (χ3n) is 5.11. The second-order valence-electron chi connectivity index (χ2n) is 7.26. The van der Waals surface area contributed by atoms with Gasteiger partial charge < -0.3 is 5.32 Å². The van der Waals surface area contributed by atoms with E-state index < -0.39 is 0 Å². The molecule has 0 saturated carbocycles. The van der Waals surface area contributed by atoms with Crippen molar-refractivity contribution in [1.82, 2.24) is 19.9 Å². The summed E-state index contributed by atoms with van der Waals surface area (Å²) in [6.07, 6.45) is 2.45. The van der Waals surface area contributed by atoms with Gasteiger partial charge in [0.2, 0.25) is 0 Å². The summed E-state index contributed by atoms with van der Waals surface area (Å²) in [7, 11) is 0. The third kappa shape index (κ3) is 4.51. The molecule has 0 bridgehead atoms. The molecule has 0 unspecified atom stereocenters. The van der Waals surface area contributed by atoms with Gasteiger partial charge >= 0.3 is 0 Å². The molecule has 2 N–H and O–H groups in total. The number of H-pyrrole nitrogens is 1. The molecule has 0 fully saturated rings. The number of amides is 1. The van der Waals surface area contributed by atoms with Gasteiger partial charge in [-0.25, -0.2) is 13.9 Å². The van der Waals surface area contributed by atoms with Crippen molar-refractivity contribution in [3.05, 3.63) is 104 Å². The molecule has 0 atom stereocenters. The van der Waals surface area contributed by atoms with Gasteiger partial charge in [0.1, 0.15) is 11.4 Å². The molecule has 158 valence electrons. The first kappa shape index (κ1) is 20.8. The van der Waals surface area contributed by atoms with Gasteiger partial charge in [-0.3, -0.25) is 14.7 Å². The Morgan fingerprint density at radius 2 is 1.81 bits per heavy atom. The molecule has 2 aromatic carbocycles. The maximum Gasteiger partial charge on any atom is 0.276 e. The van der Waals surface area contributed by atoms with Crippen LogP contribution in [0.25, 0.3) is 5.65 Å². The minimum absolute atomic E-state index is 0.247. The number of carbonyl (C=O) groups is 1. The molecule has 4 rings (SSSR count). The predicted molar refractivity (Wildman–Crippen MR) is 117 cm³/mol. The number of nitrogens with one attached hydrogen (secondary N) is 2. The summed E-state index contributed by atoms with van der Waals surface area (Å²) in [5.74, 6) is -0.633. The fourth-order valence-corrected chi connectivity index (χ4v) is 3.53. The number of aryl methyl sites for hydroxylation is 1. The predicted octanol–water partition coefficient (Wildman–Crippen LogP) is 3.69. The second-order valence-corrected chi connectivity index (χ2v) is 7.70. The lowest BCUT2D eigenvalue weighted by Crippen LogP contribution is -2.27. The summed E-state index contributed by atoms with van der Waals surface area (Å²) >= 11 is 5.93. The molecule has 0 spiro atoms. The van der Waals surface area contributed by atoms with Crippen LogP contribution < -0.4 is 10.9 Å². The van der Waals surface area contributed by atoms with Crippen molar-refractivity contribution in [2.75, 3.05) is 6.54 Å². The minimum Gasteiger partial charge on any atom is -0.352 e. The van der Waals surface area contributed by atoms with Crippen LogP contribution in [0.5, 0.6) is 0 Å². The SMILES string of the molecule is Cc1nc2c(C(=O)NCCc3ccc(F)cc3)c[nH]n2c(=O)c1Cc1ccc(Cl)cc1. The lowest BCUT2D eigenvalue weighted by molar-refractivity contribution is 0.0955. The molecule has 0 aliphatic rings. The number of aromatic nitrogens is 3. The highest BCUT2D eigenvalue weighted by Crippen LogP contribution is 2.15. The molecule has 4 aromatic rings. The van der Waals surface area contributed by atoms with Crippen molar-refractivity contribution in [1.29, 1.82) is 0 Å². The van der Waals surface area contributed by atoms with Crippen LogP contribution in [0, 0.1) is 12.7 Å². The first-order chi connectivity index (χ1) is 14.9. The Hall–Kier alpha value is -3.45. The Bertz CT molecular complexity index is 1290. The van der Waals surface area contributed by atoms with Gasteiger partial charge in [0.05, 0.1) is 0 Å². The van der Waals surface area contributed by atoms with E-state index in [0.29, 0.717) is 35.7 Å². The van der Waals surface area contributed by atoms with Crippen molar-refractivity contribution in [3.8, 4) is 0 Å². The van der Waals surface area contributed by atoms with Gasteiger partial charge in [-0.2, -0.15) is 0 Å². The molecule has 1 amide bonds. The number of aromatic amines is 1. The van der Waals surface area contributed by atoms with Crippen LogP contribution in [0.2, 0.25) is 5.02 Å². The number of fused-ring (bicyclic) bond motifs is 1. The van der Waals surface area contributed by atoms with Crippen molar-refractivity contribution in [2.45, 2.75) is 19.8 Å². The number of hydrogen-bond acceptors (Lipinski definition) is 3.